The largest absolute Gasteiger partial charge is 1.00 e. The predicted molar refractivity (Wildman–Crippen MR) is 155 cm³/mol. The van der Waals surface area contributed by atoms with Crippen LogP contribution in [0.3, 0.4) is 0 Å². The van der Waals surface area contributed by atoms with Gasteiger partial charge in [-0.15, -0.1) is 0 Å². The number of rotatable bonds is 12. The molecule has 0 fully saturated rings. The fraction of sp³-hybridized carbons (Fsp3) is 0.273. The molecule has 0 saturated heterocycles. The van der Waals surface area contributed by atoms with E-state index in [0.717, 1.165) is 11.3 Å². The normalized spacial score (nSPS) is 12.4. The summed E-state index contributed by atoms with van der Waals surface area (Å²) in [6, 6.07) is 24.7. The number of aliphatic carboxylic acids is 1. The number of para-hydroxylation sites is 1. The molecule has 1 amide bonds. The molecule has 1 aromatic heterocycles. The van der Waals surface area contributed by atoms with Crippen LogP contribution in [0.1, 0.15) is 55.1 Å². The van der Waals surface area contributed by atoms with Crippen LogP contribution in [0.15, 0.2) is 84.9 Å². The molecule has 42 heavy (non-hydrogen) atoms. The Balaban J connectivity index is 0.00000484. The maximum absolute atomic E-state index is 14.0. The van der Waals surface area contributed by atoms with E-state index in [1.54, 1.807) is 24.3 Å². The first-order chi connectivity index (χ1) is 19.7. The number of nitrogens with one attached hydrogen (secondary N) is 1. The molecule has 0 spiro atoms. The number of nitrogens with zero attached hydrogens (tertiary/aromatic N) is 1. The van der Waals surface area contributed by atoms with Gasteiger partial charge in [0, 0.05) is 35.9 Å². The van der Waals surface area contributed by atoms with Gasteiger partial charge in [-0.05, 0) is 66.3 Å². The quantitative estimate of drug-likeness (QED) is 0.219. The number of aromatic nitrogens is 1. The molecule has 214 valence electrons. The number of amides is 1. The minimum Gasteiger partial charge on any atom is -0.550 e. The molecule has 0 unspecified atom stereocenters. The van der Waals surface area contributed by atoms with Gasteiger partial charge in [-0.3, -0.25) is 4.79 Å². The molecule has 4 rings (SSSR count). The van der Waals surface area contributed by atoms with Crippen molar-refractivity contribution < 1.29 is 58.9 Å². The summed E-state index contributed by atoms with van der Waals surface area (Å²) >= 11 is 0. The second kappa shape index (κ2) is 15.3. The maximum atomic E-state index is 14.0. The second-order valence-electron chi connectivity index (χ2n) is 10.4. The minimum atomic E-state index is -1.39. The first kappa shape index (κ1) is 33.2. The topological polar surface area (TPSA) is 115 Å². The second-order valence-corrected chi connectivity index (χ2v) is 10.4. The average Bonchev–Trinajstić information content (AvgIpc) is 3.28. The number of hydrogen-bond acceptors (Lipinski definition) is 5. The standard InChI is InChI=1S/C33H35FN2O5.Na/c1-21(2)31-30(33(41)35-25-11-7-4-8-12-25)29(22-9-5-3-6-10-22)32(23-13-15-24(34)16-14-23)36(31)18-17-26(37)19-27(38)20-28(39)40;/h3-16,21,26-27,37-38H,17-20H2,1-2H3,(H,35,41)(H,39,40);/q;+1/p-1/t26-,27-;/m1./s1/i3+1,5+1,6+1,9+1,10+1,22+1,29+1,36+1;. The van der Waals surface area contributed by atoms with E-state index in [4.69, 9.17) is 0 Å². The molecule has 4 aromatic rings. The van der Waals surface area contributed by atoms with E-state index in [1.807, 2.05) is 66.9 Å². The summed E-state index contributed by atoms with van der Waals surface area (Å²) in [5, 5.41) is 34.6. The van der Waals surface area contributed by atoms with Crippen molar-refractivity contribution in [2.24, 2.45) is 0 Å². The first-order valence-corrected chi connectivity index (χ1v) is 13.7. The summed E-state index contributed by atoms with van der Waals surface area (Å²) in [5.41, 5.74) is 4.72. The van der Waals surface area contributed by atoms with Gasteiger partial charge < -0.3 is 30.0 Å². The van der Waals surface area contributed by atoms with Crippen molar-refractivity contribution in [2.45, 2.75) is 57.8 Å². The van der Waals surface area contributed by atoms with E-state index < -0.39 is 30.4 Å². The molecular formula is C33H34FN2NaO5. The molecule has 2 atom stereocenters. The Morgan fingerprint density at radius 1 is 0.881 bits per heavy atom. The fourth-order valence-corrected chi connectivity index (χ4v) is 5.19. The van der Waals surface area contributed by atoms with E-state index in [1.165, 1.54) is 12.1 Å². The number of halogens is 1. The van der Waals surface area contributed by atoms with Gasteiger partial charge in [-0.1, -0.05) is 62.4 Å². The molecular weight excluding hydrogens is 554 g/mol. The van der Waals surface area contributed by atoms with Crippen molar-refractivity contribution in [2.75, 3.05) is 5.32 Å². The monoisotopic (exact) mass is 588 g/mol. The number of aliphatic hydroxyl groups excluding tert-OH is 2. The van der Waals surface area contributed by atoms with Gasteiger partial charge in [0.1, 0.15) is 5.82 Å². The summed E-state index contributed by atoms with van der Waals surface area (Å²) in [6.07, 6.45) is -2.77. The number of carbonyl (C=O) groups excluding carboxylic acids is 2. The number of hydrogen-bond donors (Lipinski definition) is 3. The van der Waals surface area contributed by atoms with Crippen LogP contribution >= 0.6 is 0 Å². The van der Waals surface area contributed by atoms with Crippen molar-refractivity contribution in [3.8, 4) is 22.4 Å². The fourth-order valence-electron chi connectivity index (χ4n) is 5.19. The van der Waals surface area contributed by atoms with Crippen molar-refractivity contribution >= 4 is 17.6 Å². The molecule has 0 radical (unpaired) electrons. The van der Waals surface area contributed by atoms with Gasteiger partial charge in [0.2, 0.25) is 0 Å². The first-order valence-electron chi connectivity index (χ1n) is 13.7. The third kappa shape index (κ3) is 8.18. The number of carbonyl (C=O) groups is 2. The Bertz CT molecular complexity index is 1470. The van der Waals surface area contributed by atoms with Crippen molar-refractivity contribution in [1.82, 2.24) is 4.57 Å². The zero-order valence-electron chi connectivity index (χ0n) is 24.1. The molecule has 0 bridgehead atoms. The number of aliphatic hydroxyl groups is 2. The van der Waals surface area contributed by atoms with Crippen LogP contribution in [0.2, 0.25) is 0 Å². The Morgan fingerprint density at radius 2 is 1.48 bits per heavy atom. The summed E-state index contributed by atoms with van der Waals surface area (Å²) in [5.74, 6) is -2.20. The van der Waals surface area contributed by atoms with Crippen LogP contribution < -0.4 is 40.0 Å². The van der Waals surface area contributed by atoms with Crippen molar-refractivity contribution in [1.29, 1.82) is 0 Å². The van der Waals surface area contributed by atoms with Gasteiger partial charge in [-0.2, -0.15) is 0 Å². The smallest absolute Gasteiger partial charge is 0.550 e. The zero-order valence-corrected chi connectivity index (χ0v) is 26.1. The molecule has 3 aromatic carbocycles. The van der Waals surface area contributed by atoms with Gasteiger partial charge >= 0.3 is 29.6 Å². The number of carboxylic acids is 1. The Morgan fingerprint density at radius 3 is 2.05 bits per heavy atom. The number of carboxylic acid groups (broad SMARTS) is 1. The molecule has 0 aliphatic rings. The SMILES string of the molecule is CC(C)c1c(C(=O)Nc2ccccc2)[13c](-[13c]2[13cH][13cH][13cH][13cH][13cH]2)c(-c2ccc(F)cc2)[15n]1CC[C@@H](O)C[C@@H](O)CC(=O)[O-].[Na+]. The summed E-state index contributed by atoms with van der Waals surface area (Å²) < 4.78 is 16.0. The maximum Gasteiger partial charge on any atom is 1.00 e. The molecule has 9 heteroatoms. The van der Waals surface area contributed by atoms with Gasteiger partial charge in [0.15, 0.2) is 0 Å². The van der Waals surface area contributed by atoms with E-state index in [-0.39, 0.29) is 60.8 Å². The Hall–Kier alpha value is -3.27. The molecule has 0 saturated carbocycles. The number of anilines is 1. The molecule has 1 heterocycles. The van der Waals surface area contributed by atoms with E-state index in [2.05, 4.69) is 5.32 Å². The van der Waals surface area contributed by atoms with E-state index in [9.17, 15) is 29.3 Å². The molecule has 3 N–H and O–H groups in total. The molecule has 7 nitrogen and oxygen atoms in total. The summed E-state index contributed by atoms with van der Waals surface area (Å²) in [4.78, 5) is 24.9. The van der Waals surface area contributed by atoms with Crippen LogP contribution in [-0.2, 0) is 11.3 Å². The molecule has 0 aliphatic heterocycles. The summed E-state index contributed by atoms with van der Waals surface area (Å²) in [6.45, 7) is 4.22. The molecule has 0 aliphatic carbocycles. The Kier molecular flexibility index (Phi) is 12.1. The van der Waals surface area contributed by atoms with Crippen molar-refractivity contribution in [3.63, 3.8) is 0 Å². The van der Waals surface area contributed by atoms with E-state index >= 15 is 0 Å². The van der Waals surface area contributed by atoms with Crippen LogP contribution in [0.25, 0.3) is 22.4 Å². The van der Waals surface area contributed by atoms with Crippen LogP contribution in [-0.4, -0.2) is 38.9 Å². The minimum absolute atomic E-state index is 0. The zero-order chi connectivity index (χ0) is 29.5. The van der Waals surface area contributed by atoms with Gasteiger partial charge in [0.25, 0.3) is 5.91 Å². The van der Waals surface area contributed by atoms with Crippen LogP contribution in [0.4, 0.5) is 10.1 Å². The third-order valence-corrected chi connectivity index (χ3v) is 6.92. The predicted octanol–water partition coefficient (Wildman–Crippen LogP) is 1.98. The Labute approximate surface area is 267 Å². The van der Waals surface area contributed by atoms with Gasteiger partial charge in [-0.25, -0.2) is 4.39 Å². The summed E-state index contributed by atoms with van der Waals surface area (Å²) in [7, 11) is 0. The van der Waals surface area contributed by atoms with Crippen molar-refractivity contribution in [3.05, 3.63) is 102 Å². The van der Waals surface area contributed by atoms with E-state index in [0.29, 0.717) is 28.1 Å². The third-order valence-electron chi connectivity index (χ3n) is 6.92. The number of benzene rings is 3. The van der Waals surface area contributed by atoms with Crippen LogP contribution in [0, 0.1) is 5.82 Å². The average molecular weight is 589 g/mol. The van der Waals surface area contributed by atoms with Crippen LogP contribution in [0.5, 0.6) is 0 Å². The van der Waals surface area contributed by atoms with Gasteiger partial charge in [0.05, 0.1) is 23.5 Å².